The average Bonchev–Trinajstić information content (AvgIpc) is 3.03. The fourth-order valence-corrected chi connectivity index (χ4v) is 2.90. The van der Waals surface area contributed by atoms with Crippen LogP contribution in [0.15, 0.2) is 41.1 Å². The first-order valence-corrected chi connectivity index (χ1v) is 8.11. The van der Waals surface area contributed by atoms with Gasteiger partial charge in [0.05, 0.1) is 0 Å². The number of aryl methyl sites for hydroxylation is 1. The second-order valence-electron chi connectivity index (χ2n) is 4.94. The highest BCUT2D eigenvalue weighted by Gasteiger charge is 2.13. The highest BCUT2D eigenvalue weighted by Crippen LogP contribution is 2.18. The number of carbonyl (C=O) groups excluding carboxylic acids is 1. The van der Waals surface area contributed by atoms with Crippen LogP contribution in [0.25, 0.3) is 0 Å². The minimum atomic E-state index is -0.0976. The van der Waals surface area contributed by atoms with Gasteiger partial charge >= 0.3 is 0 Å². The Hall–Kier alpha value is -1.65. The van der Waals surface area contributed by atoms with E-state index in [0.717, 1.165) is 18.4 Å². The fourth-order valence-electron chi connectivity index (χ4n) is 2.19. The van der Waals surface area contributed by atoms with Gasteiger partial charge in [0, 0.05) is 19.2 Å². The van der Waals surface area contributed by atoms with Crippen molar-refractivity contribution in [2.45, 2.75) is 25.9 Å². The molecule has 112 valence electrons. The van der Waals surface area contributed by atoms with Gasteiger partial charge in [-0.3, -0.25) is 4.79 Å². The Kier molecular flexibility index (Phi) is 5.96. The summed E-state index contributed by atoms with van der Waals surface area (Å²) < 4.78 is 5.42. The van der Waals surface area contributed by atoms with Crippen LogP contribution in [-0.2, 0) is 11.2 Å². The van der Waals surface area contributed by atoms with E-state index in [1.165, 1.54) is 5.56 Å². The van der Waals surface area contributed by atoms with Crippen molar-refractivity contribution in [2.75, 3.05) is 13.7 Å². The van der Waals surface area contributed by atoms with Crippen LogP contribution < -0.4 is 5.32 Å². The van der Waals surface area contributed by atoms with Gasteiger partial charge in [-0.05, 0) is 46.5 Å². The van der Waals surface area contributed by atoms with Gasteiger partial charge in [0.2, 0.25) is 0 Å². The summed E-state index contributed by atoms with van der Waals surface area (Å²) in [4.78, 5) is 12.1. The van der Waals surface area contributed by atoms with Crippen molar-refractivity contribution in [3.63, 3.8) is 0 Å². The maximum absolute atomic E-state index is 12.1. The zero-order chi connectivity index (χ0) is 15.1. The van der Waals surface area contributed by atoms with E-state index in [1.807, 2.05) is 41.1 Å². The Bertz CT molecular complexity index is 549. The summed E-state index contributed by atoms with van der Waals surface area (Å²) in [5.41, 5.74) is 3.05. The standard InChI is InChI=1S/C17H21NO2S/c1-3-4-13-5-7-14(8-6-13)17(19)18-11-16(20-2)15-9-10-21-12-15/h5-10,12,16H,3-4,11H2,1-2H3,(H,18,19). The van der Waals surface area contributed by atoms with Crippen molar-refractivity contribution in [2.24, 2.45) is 0 Å². The molecular formula is C17H21NO2S. The van der Waals surface area contributed by atoms with Crippen LogP contribution in [0.2, 0.25) is 0 Å². The number of hydrogen-bond donors (Lipinski definition) is 1. The van der Waals surface area contributed by atoms with Crippen LogP contribution in [0.3, 0.4) is 0 Å². The Balaban J connectivity index is 1.91. The number of methoxy groups -OCH3 is 1. The Morgan fingerprint density at radius 3 is 2.62 bits per heavy atom. The maximum Gasteiger partial charge on any atom is 0.251 e. The molecule has 0 radical (unpaired) electrons. The second kappa shape index (κ2) is 7.96. The zero-order valence-electron chi connectivity index (χ0n) is 12.5. The van der Waals surface area contributed by atoms with E-state index in [2.05, 4.69) is 12.2 Å². The van der Waals surface area contributed by atoms with Crippen LogP contribution in [0.4, 0.5) is 0 Å². The lowest BCUT2D eigenvalue weighted by molar-refractivity contribution is 0.0829. The summed E-state index contributed by atoms with van der Waals surface area (Å²) in [5.74, 6) is -0.0599. The predicted molar refractivity (Wildman–Crippen MR) is 86.8 cm³/mol. The molecular weight excluding hydrogens is 282 g/mol. The lowest BCUT2D eigenvalue weighted by atomic mass is 10.1. The van der Waals surface area contributed by atoms with Crippen molar-refractivity contribution >= 4 is 17.2 Å². The first kappa shape index (κ1) is 15.7. The molecule has 2 aromatic rings. The summed E-state index contributed by atoms with van der Waals surface area (Å²) in [6.45, 7) is 2.62. The SMILES string of the molecule is CCCc1ccc(C(=O)NCC(OC)c2ccsc2)cc1. The van der Waals surface area contributed by atoms with Gasteiger partial charge in [-0.15, -0.1) is 0 Å². The Morgan fingerprint density at radius 2 is 2.05 bits per heavy atom. The minimum absolute atomic E-state index is 0.0599. The van der Waals surface area contributed by atoms with E-state index in [1.54, 1.807) is 18.4 Å². The average molecular weight is 303 g/mol. The van der Waals surface area contributed by atoms with Crippen LogP contribution in [0.1, 0.15) is 40.9 Å². The van der Waals surface area contributed by atoms with Crippen molar-refractivity contribution in [1.29, 1.82) is 0 Å². The minimum Gasteiger partial charge on any atom is -0.375 e. The molecule has 1 unspecified atom stereocenters. The maximum atomic E-state index is 12.1. The topological polar surface area (TPSA) is 38.3 Å². The highest BCUT2D eigenvalue weighted by atomic mass is 32.1. The zero-order valence-corrected chi connectivity index (χ0v) is 13.3. The smallest absolute Gasteiger partial charge is 0.251 e. The monoisotopic (exact) mass is 303 g/mol. The van der Waals surface area contributed by atoms with Crippen molar-refractivity contribution < 1.29 is 9.53 Å². The van der Waals surface area contributed by atoms with E-state index in [-0.39, 0.29) is 12.0 Å². The van der Waals surface area contributed by atoms with Crippen LogP contribution in [-0.4, -0.2) is 19.6 Å². The fraction of sp³-hybridized carbons (Fsp3) is 0.353. The molecule has 1 heterocycles. The number of rotatable bonds is 7. The molecule has 0 saturated heterocycles. The molecule has 4 heteroatoms. The third-order valence-electron chi connectivity index (χ3n) is 3.40. The third kappa shape index (κ3) is 4.41. The molecule has 0 aliphatic rings. The molecule has 0 bridgehead atoms. The second-order valence-corrected chi connectivity index (χ2v) is 5.72. The Morgan fingerprint density at radius 1 is 1.29 bits per heavy atom. The third-order valence-corrected chi connectivity index (χ3v) is 4.10. The molecule has 3 nitrogen and oxygen atoms in total. The van der Waals surface area contributed by atoms with Gasteiger partial charge in [-0.2, -0.15) is 11.3 Å². The molecule has 1 aromatic heterocycles. The lowest BCUT2D eigenvalue weighted by Gasteiger charge is -2.15. The summed E-state index contributed by atoms with van der Waals surface area (Å²) in [6.07, 6.45) is 2.06. The normalized spacial score (nSPS) is 12.1. The van der Waals surface area contributed by atoms with E-state index >= 15 is 0 Å². The van der Waals surface area contributed by atoms with Gasteiger partial charge in [-0.25, -0.2) is 0 Å². The number of ether oxygens (including phenoxy) is 1. The number of carbonyl (C=O) groups is 1. The largest absolute Gasteiger partial charge is 0.375 e. The number of thiophene rings is 1. The van der Waals surface area contributed by atoms with E-state index in [4.69, 9.17) is 4.74 Å². The van der Waals surface area contributed by atoms with Crippen LogP contribution in [0.5, 0.6) is 0 Å². The molecule has 0 fully saturated rings. The van der Waals surface area contributed by atoms with Crippen LogP contribution in [0, 0.1) is 0 Å². The quantitative estimate of drug-likeness (QED) is 0.844. The molecule has 0 spiro atoms. The molecule has 1 aromatic carbocycles. The number of benzene rings is 1. The molecule has 1 atom stereocenters. The summed E-state index contributed by atoms with van der Waals surface area (Å²) in [5, 5.41) is 6.98. The van der Waals surface area contributed by atoms with Crippen molar-refractivity contribution in [3.8, 4) is 0 Å². The molecule has 21 heavy (non-hydrogen) atoms. The molecule has 1 amide bonds. The highest BCUT2D eigenvalue weighted by molar-refractivity contribution is 7.07. The first-order chi connectivity index (χ1) is 10.2. The molecule has 1 N–H and O–H groups in total. The predicted octanol–water partition coefficient (Wildman–Crippen LogP) is 3.82. The van der Waals surface area contributed by atoms with Crippen molar-refractivity contribution in [1.82, 2.24) is 5.32 Å². The van der Waals surface area contributed by atoms with E-state index in [0.29, 0.717) is 12.1 Å². The number of nitrogens with one attached hydrogen (secondary N) is 1. The molecule has 2 rings (SSSR count). The molecule has 0 saturated carbocycles. The van der Waals surface area contributed by atoms with Crippen LogP contribution >= 0.6 is 11.3 Å². The van der Waals surface area contributed by atoms with Gasteiger partial charge in [0.1, 0.15) is 6.10 Å². The summed E-state index contributed by atoms with van der Waals surface area (Å²) in [6, 6.07) is 9.82. The summed E-state index contributed by atoms with van der Waals surface area (Å²) >= 11 is 1.63. The first-order valence-electron chi connectivity index (χ1n) is 7.16. The van der Waals surface area contributed by atoms with E-state index in [9.17, 15) is 4.79 Å². The number of amides is 1. The number of hydrogen-bond acceptors (Lipinski definition) is 3. The van der Waals surface area contributed by atoms with Gasteiger partial charge < -0.3 is 10.1 Å². The lowest BCUT2D eigenvalue weighted by Crippen LogP contribution is -2.29. The molecule has 0 aliphatic heterocycles. The van der Waals surface area contributed by atoms with E-state index < -0.39 is 0 Å². The molecule has 0 aliphatic carbocycles. The van der Waals surface area contributed by atoms with Crippen molar-refractivity contribution in [3.05, 3.63) is 57.8 Å². The van der Waals surface area contributed by atoms with Gasteiger partial charge in [0.15, 0.2) is 0 Å². The Labute approximate surface area is 130 Å². The van der Waals surface area contributed by atoms with Gasteiger partial charge in [0.25, 0.3) is 5.91 Å². The summed E-state index contributed by atoms with van der Waals surface area (Å²) in [7, 11) is 1.66. The van der Waals surface area contributed by atoms with Gasteiger partial charge in [-0.1, -0.05) is 25.5 Å².